The third-order valence-corrected chi connectivity index (χ3v) is 6.82. The Balaban J connectivity index is 1.19. The van der Waals surface area contributed by atoms with E-state index in [0.29, 0.717) is 12.5 Å². The minimum absolute atomic E-state index is 0.124. The number of amides is 1. The molecule has 1 fully saturated rings. The second kappa shape index (κ2) is 8.67. The molecule has 0 saturated carbocycles. The Morgan fingerprint density at radius 2 is 1.77 bits per heavy atom. The molecule has 2 aromatic carbocycles. The molecule has 2 aliphatic rings. The average Bonchev–Trinajstić information content (AvgIpc) is 3.13. The number of nitrogens with one attached hydrogen (secondary N) is 1. The predicted molar refractivity (Wildman–Crippen MR) is 125 cm³/mol. The Bertz CT molecular complexity index is 1070. The van der Waals surface area contributed by atoms with Gasteiger partial charge in [0.2, 0.25) is 0 Å². The number of anilines is 1. The van der Waals surface area contributed by atoms with Crippen LogP contribution in [0.2, 0.25) is 0 Å². The first kappa shape index (κ1) is 20.0. The lowest BCUT2D eigenvalue weighted by atomic mass is 9.93. The number of hydrogen-bond donors (Lipinski definition) is 1. The number of benzene rings is 2. The van der Waals surface area contributed by atoms with Gasteiger partial charge in [0.25, 0.3) is 5.91 Å². The van der Waals surface area contributed by atoms with Crippen LogP contribution in [-0.2, 0) is 13.1 Å². The van der Waals surface area contributed by atoms with Gasteiger partial charge in [0.15, 0.2) is 0 Å². The fraction of sp³-hybridized carbons (Fsp3) is 0.385. The number of likely N-dealkylation sites (tertiary alicyclic amines) is 1. The number of rotatable bonds is 6. The van der Waals surface area contributed by atoms with E-state index in [2.05, 4.69) is 40.5 Å². The van der Waals surface area contributed by atoms with Crippen molar-refractivity contribution in [2.45, 2.75) is 32.4 Å². The second-order valence-corrected chi connectivity index (χ2v) is 8.80. The van der Waals surface area contributed by atoms with Crippen molar-refractivity contribution in [2.24, 2.45) is 5.92 Å². The number of nitrogens with zero attached hydrogens (tertiary/aromatic N) is 3. The number of para-hydroxylation sites is 1. The van der Waals surface area contributed by atoms with Crippen LogP contribution in [0.3, 0.4) is 0 Å². The smallest absolute Gasteiger partial charge is 0.258 e. The number of carbonyl (C=O) groups is 1. The van der Waals surface area contributed by atoms with Gasteiger partial charge in [-0.1, -0.05) is 48.5 Å². The molecule has 0 unspecified atom stereocenters. The molecule has 0 spiro atoms. The van der Waals surface area contributed by atoms with Crippen molar-refractivity contribution in [1.29, 1.82) is 0 Å². The normalized spacial score (nSPS) is 17.3. The third kappa shape index (κ3) is 4.02. The van der Waals surface area contributed by atoms with Crippen LogP contribution in [0.15, 0.2) is 54.6 Å². The van der Waals surface area contributed by atoms with Crippen LogP contribution < -0.4 is 5.32 Å². The van der Waals surface area contributed by atoms with Crippen LogP contribution in [0.25, 0.3) is 10.9 Å². The molecule has 0 atom stereocenters. The van der Waals surface area contributed by atoms with Crippen molar-refractivity contribution in [3.63, 3.8) is 0 Å². The summed E-state index contributed by atoms with van der Waals surface area (Å²) < 4.78 is 0. The summed E-state index contributed by atoms with van der Waals surface area (Å²) in [5.41, 5.74) is 4.93. The lowest BCUT2D eigenvalue weighted by Gasteiger charge is -2.32. The molecule has 2 aliphatic heterocycles. The van der Waals surface area contributed by atoms with Gasteiger partial charge in [-0.2, -0.15) is 0 Å². The highest BCUT2D eigenvalue weighted by molar-refractivity contribution is 6.09. The quantitative estimate of drug-likeness (QED) is 0.644. The van der Waals surface area contributed by atoms with Gasteiger partial charge in [-0.05, 0) is 49.9 Å². The number of piperidine rings is 1. The number of aromatic nitrogens is 1. The van der Waals surface area contributed by atoms with Crippen LogP contribution in [0.4, 0.5) is 5.69 Å². The third-order valence-electron chi connectivity index (χ3n) is 6.82. The molecule has 160 valence electrons. The minimum atomic E-state index is 0.124. The highest BCUT2D eigenvalue weighted by Crippen LogP contribution is 2.34. The summed E-state index contributed by atoms with van der Waals surface area (Å²) in [6.45, 7) is 4.77. The van der Waals surface area contributed by atoms with E-state index in [1.807, 2.05) is 36.2 Å². The molecular weight excluding hydrogens is 384 g/mol. The van der Waals surface area contributed by atoms with Crippen molar-refractivity contribution < 1.29 is 4.79 Å². The standard InChI is InChI=1S/C26H30N4O/c1-27-25-21-9-5-6-10-22(21)28-23-18-30(26(31)24(23)25)16-13-19-11-14-29(15-12-19)17-20-7-3-2-4-8-20/h2-10,19H,11-18H2,1H3,(H,27,28). The van der Waals surface area contributed by atoms with Gasteiger partial charge in [0, 0.05) is 25.5 Å². The fourth-order valence-electron chi connectivity index (χ4n) is 5.07. The molecule has 31 heavy (non-hydrogen) atoms. The fourth-order valence-corrected chi connectivity index (χ4v) is 5.07. The molecule has 3 heterocycles. The maximum atomic E-state index is 13.2. The lowest BCUT2D eigenvalue weighted by Crippen LogP contribution is -2.35. The maximum absolute atomic E-state index is 13.2. The van der Waals surface area contributed by atoms with Gasteiger partial charge in [0.1, 0.15) is 0 Å². The topological polar surface area (TPSA) is 48.5 Å². The minimum Gasteiger partial charge on any atom is -0.387 e. The second-order valence-electron chi connectivity index (χ2n) is 8.80. The summed E-state index contributed by atoms with van der Waals surface area (Å²) in [7, 11) is 1.89. The van der Waals surface area contributed by atoms with Crippen molar-refractivity contribution in [3.05, 3.63) is 71.4 Å². The molecule has 3 aromatic rings. The zero-order chi connectivity index (χ0) is 21.2. The van der Waals surface area contributed by atoms with Crippen molar-refractivity contribution in [3.8, 4) is 0 Å². The average molecular weight is 415 g/mol. The Kier molecular flexibility index (Phi) is 5.60. The monoisotopic (exact) mass is 414 g/mol. The molecule has 1 saturated heterocycles. The summed E-state index contributed by atoms with van der Waals surface area (Å²) in [5, 5.41) is 4.28. The molecule has 0 aliphatic carbocycles. The van der Waals surface area contributed by atoms with Gasteiger partial charge < -0.3 is 10.2 Å². The summed E-state index contributed by atoms with van der Waals surface area (Å²) in [4.78, 5) is 22.5. The molecule has 0 bridgehead atoms. The first-order chi connectivity index (χ1) is 15.2. The molecule has 0 radical (unpaired) electrons. The SMILES string of the molecule is CNc1c2c(nc3ccccc13)CN(CCC1CCN(Cc3ccccc3)CC1)C2=O. The van der Waals surface area contributed by atoms with Gasteiger partial charge >= 0.3 is 0 Å². The largest absolute Gasteiger partial charge is 0.387 e. The van der Waals surface area contributed by atoms with E-state index >= 15 is 0 Å². The van der Waals surface area contributed by atoms with Gasteiger partial charge in [-0.3, -0.25) is 9.69 Å². The zero-order valence-electron chi connectivity index (χ0n) is 18.2. The molecule has 5 rings (SSSR count). The molecule has 5 nitrogen and oxygen atoms in total. The van der Waals surface area contributed by atoms with Gasteiger partial charge in [-0.25, -0.2) is 4.98 Å². The molecule has 1 aromatic heterocycles. The highest BCUT2D eigenvalue weighted by Gasteiger charge is 2.33. The number of pyridine rings is 1. The molecule has 1 N–H and O–H groups in total. The van der Waals surface area contributed by atoms with Gasteiger partial charge in [-0.15, -0.1) is 0 Å². The molecular formula is C26H30N4O. The number of carbonyl (C=O) groups excluding carboxylic acids is 1. The Morgan fingerprint density at radius 3 is 2.55 bits per heavy atom. The first-order valence-corrected chi connectivity index (χ1v) is 11.4. The van der Waals surface area contributed by atoms with Crippen LogP contribution in [0.1, 0.15) is 40.9 Å². The predicted octanol–water partition coefficient (Wildman–Crippen LogP) is 4.53. The van der Waals surface area contributed by atoms with E-state index in [9.17, 15) is 4.79 Å². The first-order valence-electron chi connectivity index (χ1n) is 11.4. The zero-order valence-corrected chi connectivity index (χ0v) is 18.2. The van der Waals surface area contributed by atoms with Crippen LogP contribution in [0.5, 0.6) is 0 Å². The highest BCUT2D eigenvalue weighted by atomic mass is 16.2. The van der Waals surface area contributed by atoms with Crippen LogP contribution in [0, 0.1) is 5.92 Å². The summed E-state index contributed by atoms with van der Waals surface area (Å²) in [6.07, 6.45) is 3.50. The molecule has 1 amide bonds. The van der Waals surface area contributed by atoms with E-state index < -0.39 is 0 Å². The number of hydrogen-bond acceptors (Lipinski definition) is 4. The Hall–Kier alpha value is -2.92. The van der Waals surface area contributed by atoms with E-state index in [4.69, 9.17) is 4.98 Å². The Labute approximate surface area is 184 Å². The Morgan fingerprint density at radius 1 is 1.03 bits per heavy atom. The van der Waals surface area contributed by atoms with E-state index in [-0.39, 0.29) is 5.91 Å². The van der Waals surface area contributed by atoms with Crippen molar-refractivity contribution >= 4 is 22.5 Å². The lowest BCUT2D eigenvalue weighted by molar-refractivity contribution is 0.0757. The summed E-state index contributed by atoms with van der Waals surface area (Å²) >= 11 is 0. The van der Waals surface area contributed by atoms with Gasteiger partial charge in [0.05, 0.1) is 29.0 Å². The van der Waals surface area contributed by atoms with Crippen molar-refractivity contribution in [1.82, 2.24) is 14.8 Å². The summed E-state index contributed by atoms with van der Waals surface area (Å²) in [6, 6.07) is 18.8. The van der Waals surface area contributed by atoms with E-state index in [0.717, 1.165) is 60.4 Å². The molecule has 5 heteroatoms. The van der Waals surface area contributed by atoms with E-state index in [1.54, 1.807) is 0 Å². The maximum Gasteiger partial charge on any atom is 0.258 e. The van der Waals surface area contributed by atoms with Crippen LogP contribution in [-0.4, -0.2) is 47.4 Å². The van der Waals surface area contributed by atoms with Crippen LogP contribution >= 0.6 is 0 Å². The van der Waals surface area contributed by atoms with E-state index in [1.165, 1.54) is 18.4 Å². The van der Waals surface area contributed by atoms with Crippen molar-refractivity contribution in [2.75, 3.05) is 32.0 Å². The summed E-state index contributed by atoms with van der Waals surface area (Å²) in [5.74, 6) is 0.818. The number of fused-ring (bicyclic) bond motifs is 2.